The third-order valence-corrected chi connectivity index (χ3v) is 2.80. The lowest BCUT2D eigenvalue weighted by atomic mass is 10.0. The van der Waals surface area contributed by atoms with Crippen molar-refractivity contribution >= 4 is 6.09 Å². The van der Waals surface area contributed by atoms with E-state index in [0.717, 1.165) is 25.8 Å². The van der Waals surface area contributed by atoms with Crippen LogP contribution in [-0.4, -0.2) is 29.7 Å². The van der Waals surface area contributed by atoms with Gasteiger partial charge in [0, 0.05) is 19.5 Å². The summed E-state index contributed by atoms with van der Waals surface area (Å²) in [6.45, 7) is 7.01. The second-order valence-corrected chi connectivity index (χ2v) is 5.65. The zero-order valence-electron chi connectivity index (χ0n) is 11.0. The quantitative estimate of drug-likeness (QED) is 0.705. The number of nitrogens with zero attached hydrogens (tertiary/aromatic N) is 2. The van der Waals surface area contributed by atoms with Crippen LogP contribution in [0, 0.1) is 17.2 Å². The van der Waals surface area contributed by atoms with Crippen molar-refractivity contribution in [1.82, 2.24) is 4.90 Å². The van der Waals surface area contributed by atoms with E-state index in [4.69, 9.17) is 10.00 Å². The lowest BCUT2D eigenvalue weighted by Crippen LogP contribution is -2.39. The number of hydrogen-bond donors (Lipinski definition) is 0. The molecule has 1 aliphatic rings. The molecular formula is C13H22N2O2. The average molecular weight is 238 g/mol. The van der Waals surface area contributed by atoms with Crippen molar-refractivity contribution in [1.29, 1.82) is 5.26 Å². The second kappa shape index (κ2) is 5.90. The third-order valence-electron chi connectivity index (χ3n) is 2.80. The highest BCUT2D eigenvalue weighted by Crippen LogP contribution is 2.20. The predicted molar refractivity (Wildman–Crippen MR) is 65.4 cm³/mol. The maximum Gasteiger partial charge on any atom is 0.410 e. The fourth-order valence-electron chi connectivity index (χ4n) is 2.02. The van der Waals surface area contributed by atoms with E-state index in [1.54, 1.807) is 4.90 Å². The van der Waals surface area contributed by atoms with Crippen LogP contribution in [0.5, 0.6) is 0 Å². The summed E-state index contributed by atoms with van der Waals surface area (Å²) in [5.74, 6) is 0.301. The highest BCUT2D eigenvalue weighted by Gasteiger charge is 2.26. The smallest absolute Gasteiger partial charge is 0.410 e. The van der Waals surface area contributed by atoms with Gasteiger partial charge in [0.15, 0.2) is 0 Å². The molecule has 0 aromatic heterocycles. The Labute approximate surface area is 104 Å². The van der Waals surface area contributed by atoms with Crippen molar-refractivity contribution < 1.29 is 9.53 Å². The van der Waals surface area contributed by atoms with Crippen LogP contribution in [-0.2, 0) is 4.74 Å². The lowest BCUT2D eigenvalue weighted by molar-refractivity contribution is 0.0235. The van der Waals surface area contributed by atoms with Gasteiger partial charge in [-0.05, 0) is 39.5 Å². The van der Waals surface area contributed by atoms with Gasteiger partial charge >= 0.3 is 6.09 Å². The minimum Gasteiger partial charge on any atom is -0.444 e. The molecule has 1 aliphatic heterocycles. The molecule has 0 spiro atoms. The predicted octanol–water partition coefficient (Wildman–Crippen LogP) is 2.94. The van der Waals surface area contributed by atoms with Crippen molar-refractivity contribution in [2.75, 3.05) is 13.1 Å². The molecule has 0 radical (unpaired) electrons. The molecule has 0 saturated carbocycles. The molecule has 1 heterocycles. The first-order valence-corrected chi connectivity index (χ1v) is 6.27. The minimum absolute atomic E-state index is 0.248. The number of ether oxygens (including phenoxy) is 1. The fraction of sp³-hybridized carbons (Fsp3) is 0.846. The SMILES string of the molecule is CC(C)(C)OC(=O)N1CCCCC(CC#N)C1. The summed E-state index contributed by atoms with van der Waals surface area (Å²) < 4.78 is 5.36. The van der Waals surface area contributed by atoms with Crippen LogP contribution in [0.25, 0.3) is 0 Å². The van der Waals surface area contributed by atoms with Crippen LogP contribution < -0.4 is 0 Å². The van der Waals surface area contributed by atoms with Gasteiger partial charge in [-0.2, -0.15) is 5.26 Å². The van der Waals surface area contributed by atoms with Gasteiger partial charge in [-0.15, -0.1) is 0 Å². The molecule has 17 heavy (non-hydrogen) atoms. The van der Waals surface area contributed by atoms with Gasteiger partial charge in [-0.3, -0.25) is 0 Å². The van der Waals surface area contributed by atoms with Crippen molar-refractivity contribution in [3.63, 3.8) is 0 Å². The summed E-state index contributed by atoms with van der Waals surface area (Å²) in [5, 5.41) is 8.74. The molecule has 1 rings (SSSR count). The Morgan fingerprint density at radius 2 is 2.18 bits per heavy atom. The van der Waals surface area contributed by atoms with Crippen molar-refractivity contribution in [3.05, 3.63) is 0 Å². The molecule has 0 N–H and O–H groups in total. The van der Waals surface area contributed by atoms with Gasteiger partial charge in [0.05, 0.1) is 6.07 Å². The van der Waals surface area contributed by atoms with Gasteiger partial charge in [0.1, 0.15) is 5.60 Å². The van der Waals surface area contributed by atoms with Crippen molar-refractivity contribution in [2.24, 2.45) is 5.92 Å². The number of hydrogen-bond acceptors (Lipinski definition) is 3. The van der Waals surface area contributed by atoms with Gasteiger partial charge in [-0.1, -0.05) is 6.42 Å². The Bertz CT molecular complexity index is 302. The lowest BCUT2D eigenvalue weighted by Gasteiger charge is -2.27. The summed E-state index contributed by atoms with van der Waals surface area (Å²) in [6, 6.07) is 2.19. The van der Waals surface area contributed by atoms with Gasteiger partial charge in [0.25, 0.3) is 0 Å². The molecule has 96 valence electrons. The zero-order chi connectivity index (χ0) is 12.9. The second-order valence-electron chi connectivity index (χ2n) is 5.65. The van der Waals surface area contributed by atoms with E-state index in [0.29, 0.717) is 18.9 Å². The average Bonchev–Trinajstić information content (AvgIpc) is 2.41. The number of carbonyl (C=O) groups is 1. The van der Waals surface area contributed by atoms with Crippen LogP contribution in [0.2, 0.25) is 0 Å². The topological polar surface area (TPSA) is 53.3 Å². The van der Waals surface area contributed by atoms with Crippen LogP contribution in [0.3, 0.4) is 0 Å². The highest BCUT2D eigenvalue weighted by atomic mass is 16.6. The first-order chi connectivity index (χ1) is 7.92. The number of amides is 1. The van der Waals surface area contributed by atoms with E-state index in [2.05, 4.69) is 6.07 Å². The summed E-state index contributed by atoms with van der Waals surface area (Å²) in [6.07, 6.45) is 3.40. The molecule has 1 unspecified atom stereocenters. The molecule has 4 nitrogen and oxygen atoms in total. The van der Waals surface area contributed by atoms with Crippen molar-refractivity contribution in [3.8, 4) is 6.07 Å². The van der Waals surface area contributed by atoms with E-state index >= 15 is 0 Å². The van der Waals surface area contributed by atoms with Crippen LogP contribution in [0.4, 0.5) is 4.79 Å². The summed E-state index contributed by atoms with van der Waals surface area (Å²) in [5.41, 5.74) is -0.450. The van der Waals surface area contributed by atoms with Crippen LogP contribution >= 0.6 is 0 Å². The third kappa shape index (κ3) is 5.08. The van der Waals surface area contributed by atoms with E-state index in [9.17, 15) is 4.79 Å². The molecule has 0 aromatic rings. The first kappa shape index (κ1) is 13.8. The van der Waals surface area contributed by atoms with E-state index in [-0.39, 0.29) is 6.09 Å². The van der Waals surface area contributed by atoms with E-state index < -0.39 is 5.60 Å². The Balaban J connectivity index is 2.56. The maximum absolute atomic E-state index is 11.9. The van der Waals surface area contributed by atoms with Gasteiger partial charge in [0.2, 0.25) is 0 Å². The largest absolute Gasteiger partial charge is 0.444 e. The minimum atomic E-state index is -0.450. The number of carbonyl (C=O) groups excluding carboxylic acids is 1. The number of likely N-dealkylation sites (tertiary alicyclic amines) is 1. The standard InChI is InChI=1S/C13H22N2O2/c1-13(2,3)17-12(16)15-9-5-4-6-11(10-15)7-8-14/h11H,4-7,9-10H2,1-3H3. The van der Waals surface area contributed by atoms with E-state index in [1.807, 2.05) is 20.8 Å². The molecule has 0 bridgehead atoms. The molecule has 4 heteroatoms. The monoisotopic (exact) mass is 238 g/mol. The van der Waals surface area contributed by atoms with Gasteiger partial charge in [-0.25, -0.2) is 4.79 Å². The summed E-state index contributed by atoms with van der Waals surface area (Å²) in [7, 11) is 0. The fourth-order valence-corrected chi connectivity index (χ4v) is 2.02. The summed E-state index contributed by atoms with van der Waals surface area (Å²) in [4.78, 5) is 13.7. The Morgan fingerprint density at radius 3 is 2.76 bits per heavy atom. The maximum atomic E-state index is 11.9. The van der Waals surface area contributed by atoms with Crippen LogP contribution in [0.15, 0.2) is 0 Å². The van der Waals surface area contributed by atoms with Crippen molar-refractivity contribution in [2.45, 2.75) is 52.1 Å². The van der Waals surface area contributed by atoms with Crippen LogP contribution in [0.1, 0.15) is 46.5 Å². The number of rotatable bonds is 1. The Hall–Kier alpha value is -1.24. The number of nitriles is 1. The Morgan fingerprint density at radius 1 is 1.47 bits per heavy atom. The highest BCUT2D eigenvalue weighted by molar-refractivity contribution is 5.68. The van der Waals surface area contributed by atoms with E-state index in [1.165, 1.54) is 0 Å². The first-order valence-electron chi connectivity index (χ1n) is 6.27. The Kier molecular flexibility index (Phi) is 4.80. The van der Waals surface area contributed by atoms with Gasteiger partial charge < -0.3 is 9.64 Å². The molecule has 1 amide bonds. The zero-order valence-corrected chi connectivity index (χ0v) is 11.0. The molecule has 1 fully saturated rings. The molecule has 1 saturated heterocycles. The molecular weight excluding hydrogens is 216 g/mol. The summed E-state index contributed by atoms with van der Waals surface area (Å²) >= 11 is 0. The molecule has 0 aliphatic carbocycles. The molecule has 0 aromatic carbocycles. The molecule has 1 atom stereocenters. The normalized spacial score (nSPS) is 21.5.